The van der Waals surface area contributed by atoms with E-state index >= 15 is 0 Å². The van der Waals surface area contributed by atoms with Gasteiger partial charge < -0.3 is 14.8 Å². The van der Waals surface area contributed by atoms with Crippen LogP contribution in [0.3, 0.4) is 0 Å². The van der Waals surface area contributed by atoms with E-state index < -0.39 is 0 Å². The number of carbonyl (C=O) groups is 1. The van der Waals surface area contributed by atoms with Crippen LogP contribution in [0.2, 0.25) is 5.02 Å². The van der Waals surface area contributed by atoms with Gasteiger partial charge in [0.1, 0.15) is 19.0 Å². The molecule has 126 valence electrons. The maximum Gasteiger partial charge on any atom is 0.225 e. The van der Waals surface area contributed by atoms with Crippen molar-refractivity contribution in [3.8, 4) is 11.5 Å². The highest BCUT2D eigenvalue weighted by Crippen LogP contribution is 2.39. The number of rotatable bonds is 5. The summed E-state index contributed by atoms with van der Waals surface area (Å²) in [7, 11) is 0. The van der Waals surface area contributed by atoms with Gasteiger partial charge in [-0.25, -0.2) is 4.39 Å². The molecular weight excluding hydrogens is 353 g/mol. The highest BCUT2D eigenvalue weighted by Gasteiger charge is 2.15. The molecule has 0 aliphatic carbocycles. The van der Waals surface area contributed by atoms with E-state index in [1.165, 1.54) is 36.0 Å². The summed E-state index contributed by atoms with van der Waals surface area (Å²) in [5.74, 6) is 1.40. The number of hydrogen-bond donors (Lipinski definition) is 1. The predicted octanol–water partition coefficient (Wildman–Crippen LogP) is 4.37. The number of halogens is 2. The van der Waals surface area contributed by atoms with Gasteiger partial charge in [-0.15, -0.1) is 11.8 Å². The van der Waals surface area contributed by atoms with Gasteiger partial charge in [-0.2, -0.15) is 0 Å². The van der Waals surface area contributed by atoms with E-state index in [1.54, 1.807) is 6.07 Å². The van der Waals surface area contributed by atoms with E-state index in [2.05, 4.69) is 5.32 Å². The van der Waals surface area contributed by atoms with Gasteiger partial charge >= 0.3 is 0 Å². The summed E-state index contributed by atoms with van der Waals surface area (Å²) in [5, 5.41) is 3.30. The highest BCUT2D eigenvalue weighted by atomic mass is 35.5. The summed E-state index contributed by atoms with van der Waals surface area (Å²) in [5.41, 5.74) is 0.573. The SMILES string of the molecule is O=C(CCSc1cc2c(cc1Cl)OCCO2)Nc1ccc(F)cc1. The minimum absolute atomic E-state index is 0.136. The molecule has 4 nitrogen and oxygen atoms in total. The first-order chi connectivity index (χ1) is 11.6. The van der Waals surface area contributed by atoms with Crippen molar-refractivity contribution in [1.29, 1.82) is 0 Å². The Morgan fingerprint density at radius 2 is 1.83 bits per heavy atom. The van der Waals surface area contributed by atoms with Gasteiger partial charge in [0.25, 0.3) is 0 Å². The molecule has 1 aliphatic heterocycles. The molecule has 0 bridgehead atoms. The van der Waals surface area contributed by atoms with Crippen LogP contribution >= 0.6 is 23.4 Å². The molecule has 0 saturated carbocycles. The fourth-order valence-electron chi connectivity index (χ4n) is 2.17. The summed E-state index contributed by atoms with van der Waals surface area (Å²) < 4.78 is 23.8. The van der Waals surface area contributed by atoms with E-state index in [-0.39, 0.29) is 11.7 Å². The second kappa shape index (κ2) is 7.77. The molecule has 1 heterocycles. The van der Waals surface area contributed by atoms with E-state index in [0.29, 0.717) is 47.6 Å². The van der Waals surface area contributed by atoms with Crippen LogP contribution in [-0.4, -0.2) is 24.9 Å². The molecule has 7 heteroatoms. The quantitative estimate of drug-likeness (QED) is 0.797. The Kier molecular flexibility index (Phi) is 5.48. The smallest absolute Gasteiger partial charge is 0.225 e. The van der Waals surface area contributed by atoms with E-state index in [0.717, 1.165) is 4.90 Å². The van der Waals surface area contributed by atoms with Gasteiger partial charge in [0.15, 0.2) is 11.5 Å². The third-order valence-electron chi connectivity index (χ3n) is 3.31. The molecule has 3 rings (SSSR count). The Hall–Kier alpha value is -1.92. The molecule has 1 N–H and O–H groups in total. The monoisotopic (exact) mass is 367 g/mol. The molecule has 0 aromatic heterocycles. The number of amides is 1. The summed E-state index contributed by atoms with van der Waals surface area (Å²) in [6, 6.07) is 9.23. The second-order valence-corrected chi connectivity index (χ2v) is 6.62. The zero-order valence-electron chi connectivity index (χ0n) is 12.7. The van der Waals surface area contributed by atoms with Gasteiger partial charge in [-0.1, -0.05) is 11.6 Å². The Bertz CT molecular complexity index is 739. The average molecular weight is 368 g/mol. The van der Waals surface area contributed by atoms with E-state index in [1.807, 2.05) is 6.07 Å². The average Bonchev–Trinajstić information content (AvgIpc) is 2.57. The molecule has 0 saturated heterocycles. The molecule has 0 unspecified atom stereocenters. The van der Waals surface area contributed by atoms with Gasteiger partial charge in [0.05, 0.1) is 5.02 Å². The molecule has 0 spiro atoms. The number of ether oxygens (including phenoxy) is 2. The number of carbonyl (C=O) groups excluding carboxylic acids is 1. The van der Waals surface area contributed by atoms with Crippen LogP contribution < -0.4 is 14.8 Å². The van der Waals surface area contributed by atoms with Gasteiger partial charge in [-0.3, -0.25) is 4.79 Å². The Balaban J connectivity index is 1.52. The van der Waals surface area contributed by atoms with Crippen molar-refractivity contribution in [2.24, 2.45) is 0 Å². The van der Waals surface area contributed by atoms with Crippen LogP contribution in [0.15, 0.2) is 41.3 Å². The minimum atomic E-state index is -0.336. The zero-order valence-corrected chi connectivity index (χ0v) is 14.3. The molecule has 0 radical (unpaired) electrons. The fourth-order valence-corrected chi connectivity index (χ4v) is 3.38. The molecule has 24 heavy (non-hydrogen) atoms. The summed E-state index contributed by atoms with van der Waals surface area (Å²) >= 11 is 7.70. The first-order valence-corrected chi connectivity index (χ1v) is 8.75. The maximum atomic E-state index is 12.8. The molecule has 2 aromatic carbocycles. The summed E-state index contributed by atoms with van der Waals surface area (Å²) in [6.45, 7) is 1.03. The lowest BCUT2D eigenvalue weighted by Gasteiger charge is -2.19. The summed E-state index contributed by atoms with van der Waals surface area (Å²) in [4.78, 5) is 12.8. The van der Waals surface area contributed by atoms with Crippen molar-refractivity contribution in [2.45, 2.75) is 11.3 Å². The number of nitrogens with one attached hydrogen (secondary N) is 1. The Labute approximate surface area is 148 Å². The van der Waals surface area contributed by atoms with Crippen molar-refractivity contribution < 1.29 is 18.7 Å². The van der Waals surface area contributed by atoms with Gasteiger partial charge in [0.2, 0.25) is 5.91 Å². The summed E-state index contributed by atoms with van der Waals surface area (Å²) in [6.07, 6.45) is 0.312. The first-order valence-electron chi connectivity index (χ1n) is 7.39. The highest BCUT2D eigenvalue weighted by molar-refractivity contribution is 7.99. The standard InChI is InChI=1S/C17H15ClFNO3S/c18-13-9-14-15(23-7-6-22-14)10-16(13)24-8-5-17(21)20-12-3-1-11(19)2-4-12/h1-4,9-10H,5-8H2,(H,20,21). The number of thioether (sulfide) groups is 1. The zero-order chi connectivity index (χ0) is 16.9. The maximum absolute atomic E-state index is 12.8. The largest absolute Gasteiger partial charge is 0.486 e. The van der Waals surface area contributed by atoms with Crippen LogP contribution in [0.4, 0.5) is 10.1 Å². The van der Waals surface area contributed by atoms with Crippen LogP contribution in [0.1, 0.15) is 6.42 Å². The predicted molar refractivity (Wildman–Crippen MR) is 92.8 cm³/mol. The minimum Gasteiger partial charge on any atom is -0.486 e. The van der Waals surface area contributed by atoms with E-state index in [9.17, 15) is 9.18 Å². The van der Waals surface area contributed by atoms with Crippen LogP contribution in [-0.2, 0) is 4.79 Å². The lowest BCUT2D eigenvalue weighted by atomic mass is 10.3. The van der Waals surface area contributed by atoms with Crippen molar-refractivity contribution in [2.75, 3.05) is 24.3 Å². The number of anilines is 1. The van der Waals surface area contributed by atoms with Gasteiger partial charge in [0, 0.05) is 28.8 Å². The third kappa shape index (κ3) is 4.33. The lowest BCUT2D eigenvalue weighted by Crippen LogP contribution is -2.15. The van der Waals surface area contributed by atoms with Crippen molar-refractivity contribution in [3.05, 3.63) is 47.2 Å². The van der Waals surface area contributed by atoms with Crippen molar-refractivity contribution >= 4 is 35.0 Å². The molecule has 0 atom stereocenters. The number of fused-ring (bicyclic) bond motifs is 1. The van der Waals surface area contributed by atoms with E-state index in [4.69, 9.17) is 21.1 Å². The Morgan fingerprint density at radius 3 is 2.54 bits per heavy atom. The van der Waals surface area contributed by atoms with Crippen LogP contribution in [0.25, 0.3) is 0 Å². The fraction of sp³-hybridized carbons (Fsp3) is 0.235. The number of benzene rings is 2. The van der Waals surface area contributed by atoms with Crippen molar-refractivity contribution in [3.63, 3.8) is 0 Å². The molecule has 2 aromatic rings. The molecule has 0 fully saturated rings. The topological polar surface area (TPSA) is 47.6 Å². The van der Waals surface area contributed by atoms with Gasteiger partial charge in [-0.05, 0) is 30.3 Å². The molecule has 1 amide bonds. The molecular formula is C17H15ClFNO3S. The third-order valence-corrected chi connectivity index (χ3v) is 4.79. The van der Waals surface area contributed by atoms with Crippen molar-refractivity contribution in [1.82, 2.24) is 0 Å². The van der Waals surface area contributed by atoms with Crippen LogP contribution in [0.5, 0.6) is 11.5 Å². The lowest BCUT2D eigenvalue weighted by molar-refractivity contribution is -0.115. The normalized spacial score (nSPS) is 12.8. The Morgan fingerprint density at radius 1 is 1.17 bits per heavy atom. The second-order valence-electron chi connectivity index (χ2n) is 5.08. The number of hydrogen-bond acceptors (Lipinski definition) is 4. The first kappa shape index (κ1) is 16.9. The molecule has 1 aliphatic rings. The van der Waals surface area contributed by atoms with Crippen LogP contribution in [0, 0.1) is 5.82 Å².